The van der Waals surface area contributed by atoms with Gasteiger partial charge < -0.3 is 24.7 Å². The Morgan fingerprint density at radius 3 is 2.36 bits per heavy atom. The zero-order valence-electron chi connectivity index (χ0n) is 20.3. The molecule has 1 amide bonds. The average Bonchev–Trinajstić information content (AvgIpc) is 3.28. The van der Waals surface area contributed by atoms with Crippen molar-refractivity contribution in [1.82, 2.24) is 10.6 Å². The Morgan fingerprint density at radius 1 is 1.18 bits per heavy atom. The molecule has 2 unspecified atom stereocenters. The second-order valence-corrected chi connectivity index (χ2v) is 10.2. The number of carbonyl (C=O) groups is 1. The number of nitrogens with one attached hydrogen (secondary N) is 2. The van der Waals surface area contributed by atoms with E-state index < -0.39 is 29.8 Å². The van der Waals surface area contributed by atoms with Crippen molar-refractivity contribution in [3.05, 3.63) is 53.3 Å². The van der Waals surface area contributed by atoms with E-state index in [1.807, 2.05) is 71.0 Å². The topological polar surface area (TPSA) is 68.8 Å². The maximum atomic E-state index is 17.6. The predicted octanol–water partition coefficient (Wildman–Crippen LogP) is 3.44. The van der Waals surface area contributed by atoms with E-state index in [2.05, 4.69) is 10.6 Å². The number of rotatable bonds is 6. The molecule has 2 fully saturated rings. The minimum atomic E-state index is -1.99. The molecule has 0 spiro atoms. The van der Waals surface area contributed by atoms with Crippen molar-refractivity contribution in [2.75, 3.05) is 20.2 Å². The molecule has 1 aromatic carbocycles. The molecule has 0 saturated carbocycles. The van der Waals surface area contributed by atoms with E-state index in [0.29, 0.717) is 24.3 Å². The Balaban J connectivity index is 1.77. The van der Waals surface area contributed by atoms with Gasteiger partial charge in [0.25, 0.3) is 0 Å². The predicted molar refractivity (Wildman–Crippen MR) is 127 cm³/mol. The van der Waals surface area contributed by atoms with E-state index in [1.54, 1.807) is 7.11 Å². The van der Waals surface area contributed by atoms with Crippen LogP contribution in [-0.4, -0.2) is 56.0 Å². The lowest BCUT2D eigenvalue weighted by Gasteiger charge is -2.40. The van der Waals surface area contributed by atoms with Crippen molar-refractivity contribution in [2.24, 2.45) is 5.92 Å². The highest BCUT2D eigenvalue weighted by Crippen LogP contribution is 2.51. The summed E-state index contributed by atoms with van der Waals surface area (Å²) in [5, 5.41) is 6.15. The molecule has 3 aliphatic rings. The third kappa shape index (κ3) is 4.13. The minimum Gasteiger partial charge on any atom is -0.497 e. The lowest BCUT2D eigenvalue weighted by molar-refractivity contribution is -0.119. The fourth-order valence-corrected chi connectivity index (χ4v) is 4.76. The third-order valence-electron chi connectivity index (χ3n) is 7.61. The van der Waals surface area contributed by atoms with E-state index >= 15 is 4.39 Å². The molecule has 8 heteroatoms. The van der Waals surface area contributed by atoms with Crippen LogP contribution in [0.15, 0.2) is 47.7 Å². The lowest BCUT2D eigenvalue weighted by atomic mass is 9.54. The molecular weight excluding hydrogens is 422 g/mol. The van der Waals surface area contributed by atoms with Crippen molar-refractivity contribution in [3.63, 3.8) is 0 Å². The Kier molecular flexibility index (Phi) is 6.23. The van der Waals surface area contributed by atoms with Gasteiger partial charge in [-0.1, -0.05) is 37.3 Å². The Morgan fingerprint density at radius 2 is 1.82 bits per heavy atom. The molecule has 3 atom stereocenters. The summed E-state index contributed by atoms with van der Waals surface area (Å²) in [4.78, 5) is 11.6. The van der Waals surface area contributed by atoms with Crippen molar-refractivity contribution in [3.8, 4) is 0 Å². The highest BCUT2D eigenvalue weighted by atomic mass is 19.1. The molecule has 0 radical (unpaired) electrons. The summed E-state index contributed by atoms with van der Waals surface area (Å²) in [7, 11) is 0.436. The first-order valence-electron chi connectivity index (χ1n) is 11.6. The fraction of sp³-hybridized carbons (Fsp3) is 0.560. The molecule has 1 aliphatic carbocycles. The molecule has 2 heterocycles. The third-order valence-corrected chi connectivity index (χ3v) is 7.61. The molecule has 1 aromatic rings. The lowest BCUT2D eigenvalue weighted by Crippen LogP contribution is -2.55. The van der Waals surface area contributed by atoms with Gasteiger partial charge in [0.05, 0.1) is 18.3 Å². The van der Waals surface area contributed by atoms with Crippen molar-refractivity contribution >= 4 is 18.6 Å². The van der Waals surface area contributed by atoms with Crippen LogP contribution >= 0.6 is 0 Å². The molecule has 33 heavy (non-hydrogen) atoms. The molecule has 2 saturated heterocycles. The van der Waals surface area contributed by atoms with Gasteiger partial charge in [-0.05, 0) is 44.9 Å². The van der Waals surface area contributed by atoms with E-state index in [0.717, 1.165) is 11.1 Å². The smallest absolute Gasteiger partial charge is 0.497 e. The number of carbonyl (C=O) groups excluding carboxylic acids is 1. The van der Waals surface area contributed by atoms with Crippen LogP contribution in [0.3, 0.4) is 0 Å². The van der Waals surface area contributed by atoms with Crippen molar-refractivity contribution in [1.29, 1.82) is 0 Å². The second-order valence-electron chi connectivity index (χ2n) is 10.2. The first kappa shape index (κ1) is 24.0. The van der Waals surface area contributed by atoms with Crippen molar-refractivity contribution < 1.29 is 23.2 Å². The number of hydrogen-bond donors (Lipinski definition) is 2. The Bertz CT molecular complexity index is 962. The average molecular weight is 456 g/mol. The molecular formula is C25H34BFN2O4. The number of halogens is 1. The van der Waals surface area contributed by atoms with Gasteiger partial charge in [0, 0.05) is 37.0 Å². The van der Waals surface area contributed by atoms with Crippen molar-refractivity contribution in [2.45, 2.75) is 63.9 Å². The monoisotopic (exact) mass is 456 g/mol. The molecule has 4 rings (SSSR count). The van der Waals surface area contributed by atoms with E-state index in [4.69, 9.17) is 14.0 Å². The van der Waals surface area contributed by atoms with E-state index in [1.165, 1.54) is 0 Å². The first-order valence-corrected chi connectivity index (χ1v) is 11.6. The normalized spacial score (nSPS) is 30.9. The minimum absolute atomic E-state index is 0.00538. The SMILES string of the molecule is COC1=C(CN[C@@H]2CNC(=O)C2)C(F)(B2OC(C)(C)C(C)(C)O2)C(C)C(c2ccccc2)=C1. The number of ether oxygens (including phenoxy) is 1. The van der Waals surface area contributed by atoms with Gasteiger partial charge in [-0.25, -0.2) is 4.39 Å². The standard InChI is InChI=1S/C25H34BFN2O4/c1-16-19(17-10-8-7-9-11-17)13-21(31-6)20(15-28-18-12-22(30)29-14-18)25(16,27)26-32-23(2,3)24(4,5)33-26/h7-11,13,16,18,28H,12,14-15H2,1-6H3,(H,29,30)/t16?,18-,25?/m0/s1. The van der Waals surface area contributed by atoms with Crippen LogP contribution in [0.5, 0.6) is 0 Å². The summed E-state index contributed by atoms with van der Waals surface area (Å²) in [6.45, 7) is 10.3. The number of hydrogen-bond acceptors (Lipinski definition) is 5. The largest absolute Gasteiger partial charge is 0.503 e. The fourth-order valence-electron chi connectivity index (χ4n) is 4.76. The summed E-state index contributed by atoms with van der Waals surface area (Å²) < 4.78 is 35.9. The molecule has 2 aliphatic heterocycles. The highest BCUT2D eigenvalue weighted by molar-refractivity contribution is 6.51. The maximum absolute atomic E-state index is 17.6. The maximum Gasteiger partial charge on any atom is 0.503 e. The molecule has 0 aromatic heterocycles. The van der Waals surface area contributed by atoms with Crippen LogP contribution in [0.25, 0.3) is 5.57 Å². The number of alkyl halides is 1. The molecule has 6 nitrogen and oxygen atoms in total. The van der Waals surface area contributed by atoms with Gasteiger partial charge in [0.2, 0.25) is 5.91 Å². The van der Waals surface area contributed by atoms with Gasteiger partial charge in [-0.2, -0.15) is 0 Å². The Hall–Kier alpha value is -2.16. The number of amides is 1. The van der Waals surface area contributed by atoms with E-state index in [-0.39, 0.29) is 18.5 Å². The number of methoxy groups -OCH3 is 1. The first-order chi connectivity index (χ1) is 15.5. The number of allylic oxidation sites excluding steroid dienone is 2. The summed E-state index contributed by atoms with van der Waals surface area (Å²) in [6.07, 6.45) is 2.28. The molecule has 2 N–H and O–H groups in total. The summed E-state index contributed by atoms with van der Waals surface area (Å²) in [5.41, 5.74) is -1.16. The van der Waals surface area contributed by atoms with Crippen LogP contribution in [-0.2, 0) is 18.8 Å². The van der Waals surface area contributed by atoms with Gasteiger partial charge in [-0.3, -0.25) is 4.79 Å². The van der Waals surface area contributed by atoms with Crippen LogP contribution in [0.4, 0.5) is 4.39 Å². The van der Waals surface area contributed by atoms with Gasteiger partial charge in [0.15, 0.2) is 5.57 Å². The van der Waals surface area contributed by atoms with Gasteiger partial charge in [0.1, 0.15) is 5.76 Å². The van der Waals surface area contributed by atoms with Gasteiger partial charge >= 0.3 is 7.12 Å². The molecule has 0 bridgehead atoms. The Labute approximate surface area is 196 Å². The van der Waals surface area contributed by atoms with Crippen LogP contribution < -0.4 is 10.6 Å². The zero-order valence-corrected chi connectivity index (χ0v) is 20.3. The van der Waals surface area contributed by atoms with Crippen LogP contribution in [0.1, 0.15) is 46.6 Å². The summed E-state index contributed by atoms with van der Waals surface area (Å²) in [5.74, 6) is -0.114. The number of benzene rings is 1. The quantitative estimate of drug-likeness (QED) is 0.642. The summed E-state index contributed by atoms with van der Waals surface area (Å²) in [6, 6.07) is 9.69. The molecule has 178 valence electrons. The second kappa shape index (κ2) is 8.56. The zero-order chi connectivity index (χ0) is 24.0. The van der Waals surface area contributed by atoms with E-state index in [9.17, 15) is 4.79 Å². The summed E-state index contributed by atoms with van der Waals surface area (Å²) >= 11 is 0. The van der Waals surface area contributed by atoms with Crippen LogP contribution in [0, 0.1) is 5.92 Å². The van der Waals surface area contributed by atoms with Gasteiger partial charge in [-0.15, -0.1) is 0 Å². The van der Waals surface area contributed by atoms with Crippen LogP contribution in [0.2, 0.25) is 0 Å². The highest BCUT2D eigenvalue weighted by Gasteiger charge is 2.65.